The Hall–Kier alpha value is -0.300. The van der Waals surface area contributed by atoms with E-state index in [0.717, 1.165) is 12.6 Å². The molecule has 0 heterocycles. The number of allylic oxidation sites excluding steroid dienone is 1. The van der Waals surface area contributed by atoms with E-state index < -0.39 is 0 Å². The predicted octanol–water partition coefficient (Wildman–Crippen LogP) is 2.73. The molecule has 1 N–H and O–H groups in total. The summed E-state index contributed by atoms with van der Waals surface area (Å²) in [6, 6.07) is 0.764. The number of hydrogen-bond acceptors (Lipinski definition) is 1. The minimum absolute atomic E-state index is 0.536. The second-order valence-corrected chi connectivity index (χ2v) is 4.30. The summed E-state index contributed by atoms with van der Waals surface area (Å²) < 4.78 is 0. The number of nitrogens with one attached hydrogen (secondary N) is 1. The minimum Gasteiger partial charge on any atom is -0.314 e. The zero-order valence-electron chi connectivity index (χ0n) is 8.40. The van der Waals surface area contributed by atoms with Crippen LogP contribution in [-0.2, 0) is 0 Å². The lowest BCUT2D eigenvalue weighted by Crippen LogP contribution is -2.27. The van der Waals surface area contributed by atoms with E-state index in [-0.39, 0.29) is 0 Å². The SMILES string of the molecule is C=CCC1(C)CCC(NCC)C1. The minimum atomic E-state index is 0.536. The normalized spacial score (nSPS) is 35.3. The van der Waals surface area contributed by atoms with Gasteiger partial charge in [0, 0.05) is 6.04 Å². The fourth-order valence-corrected chi connectivity index (χ4v) is 2.32. The van der Waals surface area contributed by atoms with Gasteiger partial charge in [-0.05, 0) is 37.6 Å². The van der Waals surface area contributed by atoms with Crippen molar-refractivity contribution in [3.8, 4) is 0 Å². The van der Waals surface area contributed by atoms with Crippen molar-refractivity contribution < 1.29 is 0 Å². The average molecular weight is 167 g/mol. The average Bonchev–Trinajstić information content (AvgIpc) is 2.34. The van der Waals surface area contributed by atoms with Crippen LogP contribution in [0.2, 0.25) is 0 Å². The van der Waals surface area contributed by atoms with Gasteiger partial charge in [0.05, 0.1) is 0 Å². The molecule has 0 spiro atoms. The molecule has 1 saturated carbocycles. The van der Waals surface area contributed by atoms with Crippen LogP contribution < -0.4 is 5.32 Å². The van der Waals surface area contributed by atoms with Crippen LogP contribution in [0, 0.1) is 5.41 Å². The quantitative estimate of drug-likeness (QED) is 0.635. The highest BCUT2D eigenvalue weighted by atomic mass is 14.9. The fourth-order valence-electron chi connectivity index (χ4n) is 2.32. The van der Waals surface area contributed by atoms with E-state index in [0.29, 0.717) is 5.41 Å². The van der Waals surface area contributed by atoms with Crippen LogP contribution in [0.15, 0.2) is 12.7 Å². The first-order valence-electron chi connectivity index (χ1n) is 5.04. The summed E-state index contributed by atoms with van der Waals surface area (Å²) in [7, 11) is 0. The van der Waals surface area contributed by atoms with Crippen molar-refractivity contribution in [1.82, 2.24) is 5.32 Å². The molecule has 12 heavy (non-hydrogen) atoms. The number of hydrogen-bond donors (Lipinski definition) is 1. The lowest BCUT2D eigenvalue weighted by atomic mass is 9.85. The Morgan fingerprint density at radius 1 is 1.67 bits per heavy atom. The van der Waals surface area contributed by atoms with Gasteiger partial charge < -0.3 is 5.32 Å². The van der Waals surface area contributed by atoms with Gasteiger partial charge >= 0.3 is 0 Å². The second-order valence-electron chi connectivity index (χ2n) is 4.30. The van der Waals surface area contributed by atoms with Gasteiger partial charge in [0.1, 0.15) is 0 Å². The largest absolute Gasteiger partial charge is 0.314 e. The van der Waals surface area contributed by atoms with Gasteiger partial charge in [-0.1, -0.05) is 19.9 Å². The molecule has 1 fully saturated rings. The standard InChI is InChI=1S/C11H21N/c1-4-7-11(3)8-6-10(9-11)12-5-2/h4,10,12H,1,5-9H2,2-3H3. The maximum atomic E-state index is 3.82. The van der Waals surface area contributed by atoms with Gasteiger partial charge in [-0.15, -0.1) is 6.58 Å². The summed E-state index contributed by atoms with van der Waals surface area (Å²) in [4.78, 5) is 0. The third-order valence-corrected chi connectivity index (χ3v) is 2.97. The van der Waals surface area contributed by atoms with Crippen LogP contribution in [0.25, 0.3) is 0 Å². The van der Waals surface area contributed by atoms with Crippen LogP contribution in [0.1, 0.15) is 39.5 Å². The van der Waals surface area contributed by atoms with Gasteiger partial charge in [-0.3, -0.25) is 0 Å². The highest BCUT2D eigenvalue weighted by molar-refractivity contribution is 4.92. The maximum Gasteiger partial charge on any atom is 0.00724 e. The summed E-state index contributed by atoms with van der Waals surface area (Å²) in [5.74, 6) is 0. The molecule has 0 saturated heterocycles. The summed E-state index contributed by atoms with van der Waals surface area (Å²) >= 11 is 0. The Morgan fingerprint density at radius 2 is 2.42 bits per heavy atom. The Balaban J connectivity index is 2.37. The number of rotatable bonds is 4. The molecule has 2 unspecified atom stereocenters. The molecule has 1 heteroatoms. The Morgan fingerprint density at radius 3 is 3.00 bits per heavy atom. The molecular formula is C11H21N. The molecule has 1 nitrogen and oxygen atoms in total. The molecule has 0 aliphatic heterocycles. The molecule has 0 aromatic carbocycles. The monoisotopic (exact) mass is 167 g/mol. The third kappa shape index (κ3) is 2.34. The van der Waals surface area contributed by atoms with Crippen molar-refractivity contribution in [2.24, 2.45) is 5.41 Å². The summed E-state index contributed by atoms with van der Waals surface area (Å²) in [6.45, 7) is 9.49. The Kier molecular flexibility index (Phi) is 3.33. The Labute approximate surface area is 76.2 Å². The third-order valence-electron chi connectivity index (χ3n) is 2.97. The molecular weight excluding hydrogens is 146 g/mol. The van der Waals surface area contributed by atoms with E-state index >= 15 is 0 Å². The van der Waals surface area contributed by atoms with Gasteiger partial charge in [0.2, 0.25) is 0 Å². The molecule has 0 bridgehead atoms. The van der Waals surface area contributed by atoms with E-state index in [2.05, 4.69) is 31.8 Å². The van der Waals surface area contributed by atoms with Crippen LogP contribution in [0.5, 0.6) is 0 Å². The molecule has 70 valence electrons. The van der Waals surface area contributed by atoms with Gasteiger partial charge in [0.15, 0.2) is 0 Å². The van der Waals surface area contributed by atoms with Gasteiger partial charge in [-0.25, -0.2) is 0 Å². The molecule has 0 amide bonds. The first-order chi connectivity index (χ1) is 5.70. The lowest BCUT2D eigenvalue weighted by Gasteiger charge is -2.22. The van der Waals surface area contributed by atoms with Crippen molar-refractivity contribution >= 4 is 0 Å². The van der Waals surface area contributed by atoms with Crippen LogP contribution in [-0.4, -0.2) is 12.6 Å². The van der Waals surface area contributed by atoms with Gasteiger partial charge in [0.25, 0.3) is 0 Å². The smallest absolute Gasteiger partial charge is 0.00724 e. The molecule has 0 aromatic heterocycles. The van der Waals surface area contributed by atoms with Crippen molar-refractivity contribution in [3.05, 3.63) is 12.7 Å². The van der Waals surface area contributed by atoms with E-state index in [1.165, 1.54) is 25.7 Å². The van der Waals surface area contributed by atoms with Crippen molar-refractivity contribution in [1.29, 1.82) is 0 Å². The van der Waals surface area contributed by atoms with Crippen molar-refractivity contribution in [2.45, 2.75) is 45.6 Å². The molecule has 0 aromatic rings. The molecule has 1 aliphatic carbocycles. The highest BCUT2D eigenvalue weighted by Gasteiger charge is 2.33. The second kappa shape index (κ2) is 4.08. The van der Waals surface area contributed by atoms with Crippen molar-refractivity contribution in [2.75, 3.05) is 6.54 Å². The van der Waals surface area contributed by atoms with E-state index in [1.807, 2.05) is 0 Å². The lowest BCUT2D eigenvalue weighted by molar-refractivity contribution is 0.330. The summed E-state index contributed by atoms with van der Waals surface area (Å²) in [5, 5.41) is 3.52. The predicted molar refractivity (Wildman–Crippen MR) is 54.2 cm³/mol. The zero-order valence-corrected chi connectivity index (χ0v) is 8.40. The van der Waals surface area contributed by atoms with Crippen molar-refractivity contribution in [3.63, 3.8) is 0 Å². The molecule has 1 rings (SSSR count). The summed E-state index contributed by atoms with van der Waals surface area (Å²) in [6.07, 6.45) is 7.27. The van der Waals surface area contributed by atoms with Crippen LogP contribution in [0.3, 0.4) is 0 Å². The first kappa shape index (κ1) is 9.79. The zero-order chi connectivity index (χ0) is 9.03. The van der Waals surface area contributed by atoms with Crippen LogP contribution >= 0.6 is 0 Å². The molecule has 0 radical (unpaired) electrons. The highest BCUT2D eigenvalue weighted by Crippen LogP contribution is 2.40. The van der Waals surface area contributed by atoms with Gasteiger partial charge in [-0.2, -0.15) is 0 Å². The molecule has 1 aliphatic rings. The Bertz CT molecular complexity index is 153. The van der Waals surface area contributed by atoms with E-state index in [4.69, 9.17) is 0 Å². The van der Waals surface area contributed by atoms with E-state index in [9.17, 15) is 0 Å². The first-order valence-corrected chi connectivity index (χ1v) is 5.04. The fraction of sp³-hybridized carbons (Fsp3) is 0.818. The maximum absolute atomic E-state index is 3.82. The van der Waals surface area contributed by atoms with Crippen LogP contribution in [0.4, 0.5) is 0 Å². The topological polar surface area (TPSA) is 12.0 Å². The molecule has 2 atom stereocenters. The summed E-state index contributed by atoms with van der Waals surface area (Å²) in [5.41, 5.74) is 0.536. The van der Waals surface area contributed by atoms with E-state index in [1.54, 1.807) is 0 Å².